The molecule has 4 rings (SSSR count). The van der Waals surface area contributed by atoms with E-state index in [1.165, 1.54) is 0 Å². The third kappa shape index (κ3) is 2.82. The number of fused-ring (bicyclic) bond motifs is 3. The lowest BCUT2D eigenvalue weighted by atomic mass is 9.82. The summed E-state index contributed by atoms with van der Waals surface area (Å²) in [7, 11) is 0. The van der Waals surface area contributed by atoms with Gasteiger partial charge in [0.05, 0.1) is 34.7 Å². The highest BCUT2D eigenvalue weighted by Gasteiger charge is 2.39. The van der Waals surface area contributed by atoms with Crippen LogP contribution in [0.25, 0.3) is 11.0 Å². The summed E-state index contributed by atoms with van der Waals surface area (Å²) in [5.41, 5.74) is 0.906. The van der Waals surface area contributed by atoms with Crippen molar-refractivity contribution in [2.75, 3.05) is 13.2 Å². The van der Waals surface area contributed by atoms with Gasteiger partial charge in [-0.05, 0) is 20.3 Å². The van der Waals surface area contributed by atoms with Crippen molar-refractivity contribution < 1.29 is 28.3 Å². The number of benzene rings is 2. The van der Waals surface area contributed by atoms with Crippen LogP contribution in [0.3, 0.4) is 0 Å². The SMILES string of the molecule is CCCOc1c2c(c(Cl)c3c(C(=O)OCC)c(C)oc13)C(=O)c1ccccc1C2=O. The van der Waals surface area contributed by atoms with Gasteiger partial charge in [0.25, 0.3) is 0 Å². The molecule has 0 unspecified atom stereocenters. The van der Waals surface area contributed by atoms with Gasteiger partial charge in [-0.15, -0.1) is 0 Å². The van der Waals surface area contributed by atoms with E-state index in [2.05, 4.69) is 0 Å². The number of esters is 1. The summed E-state index contributed by atoms with van der Waals surface area (Å²) in [5.74, 6) is -1.000. The van der Waals surface area contributed by atoms with Gasteiger partial charge in [-0.1, -0.05) is 42.8 Å². The van der Waals surface area contributed by atoms with Crippen LogP contribution in [-0.2, 0) is 4.74 Å². The molecular weight excluding hydrogens is 408 g/mol. The Morgan fingerprint density at radius 2 is 1.70 bits per heavy atom. The summed E-state index contributed by atoms with van der Waals surface area (Å²) in [6.07, 6.45) is 0.669. The Hall–Kier alpha value is -3.12. The summed E-state index contributed by atoms with van der Waals surface area (Å²) < 4.78 is 16.9. The van der Waals surface area contributed by atoms with Gasteiger partial charge >= 0.3 is 5.97 Å². The number of halogens is 1. The minimum absolute atomic E-state index is 0.0170. The molecule has 1 heterocycles. The molecule has 0 spiro atoms. The van der Waals surface area contributed by atoms with Gasteiger partial charge in [-0.25, -0.2) is 4.79 Å². The molecule has 0 atom stereocenters. The molecular formula is C23H19ClO6. The number of ketones is 2. The maximum absolute atomic E-state index is 13.3. The number of carbonyl (C=O) groups excluding carboxylic acids is 3. The largest absolute Gasteiger partial charge is 0.489 e. The van der Waals surface area contributed by atoms with Gasteiger partial charge < -0.3 is 13.9 Å². The Kier molecular flexibility index (Phi) is 5.12. The summed E-state index contributed by atoms with van der Waals surface area (Å²) in [5, 5.41) is 0.203. The quantitative estimate of drug-likeness (QED) is 0.411. The Balaban J connectivity index is 2.12. The standard InChI is InChI=1S/C23H19ClO6/c1-4-10-29-21-17-15(19(25)12-8-6-7-9-13(12)20(17)26)18(24)16-14(23(27)28-5-2)11(3)30-22(16)21/h6-9H,4-5,10H2,1-3H3. The topological polar surface area (TPSA) is 82.8 Å². The molecule has 0 amide bonds. The van der Waals surface area contributed by atoms with Gasteiger partial charge in [-0.2, -0.15) is 0 Å². The zero-order chi connectivity index (χ0) is 21.6. The maximum atomic E-state index is 13.3. The van der Waals surface area contributed by atoms with Gasteiger partial charge in [-0.3, -0.25) is 9.59 Å². The fourth-order valence-corrected chi connectivity index (χ4v) is 4.11. The van der Waals surface area contributed by atoms with Crippen LogP contribution in [0, 0.1) is 6.92 Å². The molecule has 0 aliphatic heterocycles. The van der Waals surface area contributed by atoms with Crippen LogP contribution >= 0.6 is 11.6 Å². The highest BCUT2D eigenvalue weighted by Crippen LogP contribution is 2.46. The van der Waals surface area contributed by atoms with Crippen molar-refractivity contribution in [3.8, 4) is 5.75 Å². The monoisotopic (exact) mass is 426 g/mol. The number of hydrogen-bond donors (Lipinski definition) is 0. The first kappa shape index (κ1) is 20.2. The van der Waals surface area contributed by atoms with Crippen LogP contribution in [-0.4, -0.2) is 30.7 Å². The fraction of sp³-hybridized carbons (Fsp3) is 0.261. The van der Waals surface area contributed by atoms with Crippen molar-refractivity contribution in [2.45, 2.75) is 27.2 Å². The molecule has 0 saturated carbocycles. The molecule has 1 aromatic heterocycles. The molecule has 2 aromatic carbocycles. The molecule has 6 nitrogen and oxygen atoms in total. The highest BCUT2D eigenvalue weighted by atomic mass is 35.5. The number of ether oxygens (including phenoxy) is 2. The molecule has 0 N–H and O–H groups in total. The van der Waals surface area contributed by atoms with E-state index in [0.29, 0.717) is 13.0 Å². The number of carbonyl (C=O) groups is 3. The van der Waals surface area contributed by atoms with E-state index in [-0.39, 0.29) is 67.7 Å². The first-order valence-corrected chi connectivity index (χ1v) is 10.1. The van der Waals surface area contributed by atoms with E-state index in [4.69, 9.17) is 25.5 Å². The Morgan fingerprint density at radius 1 is 1.07 bits per heavy atom. The molecule has 1 aliphatic carbocycles. The van der Waals surface area contributed by atoms with E-state index >= 15 is 0 Å². The normalized spacial score (nSPS) is 12.7. The van der Waals surface area contributed by atoms with E-state index in [9.17, 15) is 14.4 Å². The van der Waals surface area contributed by atoms with Crippen molar-refractivity contribution in [3.63, 3.8) is 0 Å². The molecule has 0 bridgehead atoms. The minimum Gasteiger partial charge on any atom is -0.489 e. The van der Waals surface area contributed by atoms with Crippen LogP contribution in [0.1, 0.15) is 68.2 Å². The Morgan fingerprint density at radius 3 is 2.30 bits per heavy atom. The lowest BCUT2D eigenvalue weighted by molar-refractivity contribution is 0.0526. The minimum atomic E-state index is -0.618. The number of rotatable bonds is 5. The zero-order valence-corrected chi connectivity index (χ0v) is 17.5. The smallest absolute Gasteiger partial charge is 0.342 e. The zero-order valence-electron chi connectivity index (χ0n) is 16.8. The second-order valence-electron chi connectivity index (χ2n) is 6.90. The molecule has 30 heavy (non-hydrogen) atoms. The highest BCUT2D eigenvalue weighted by molar-refractivity contribution is 6.44. The number of aryl methyl sites for hydroxylation is 1. The average Bonchev–Trinajstić information content (AvgIpc) is 3.08. The molecule has 7 heteroatoms. The summed E-state index contributed by atoms with van der Waals surface area (Å²) in [6, 6.07) is 6.55. The molecule has 1 aliphatic rings. The average molecular weight is 427 g/mol. The number of furan rings is 1. The molecule has 154 valence electrons. The van der Waals surface area contributed by atoms with Crippen LogP contribution in [0.5, 0.6) is 5.75 Å². The molecule has 0 radical (unpaired) electrons. The molecule has 0 saturated heterocycles. The Labute approximate surface area is 177 Å². The second-order valence-corrected chi connectivity index (χ2v) is 7.28. The van der Waals surface area contributed by atoms with Crippen LogP contribution < -0.4 is 4.74 Å². The van der Waals surface area contributed by atoms with Crippen molar-refractivity contribution in [2.24, 2.45) is 0 Å². The van der Waals surface area contributed by atoms with Crippen molar-refractivity contribution in [3.05, 3.63) is 62.9 Å². The van der Waals surface area contributed by atoms with Gasteiger partial charge in [0, 0.05) is 11.1 Å². The van der Waals surface area contributed by atoms with Crippen LogP contribution in [0.2, 0.25) is 5.02 Å². The van der Waals surface area contributed by atoms with Crippen LogP contribution in [0.4, 0.5) is 0 Å². The van der Waals surface area contributed by atoms with Crippen LogP contribution in [0.15, 0.2) is 28.7 Å². The first-order chi connectivity index (χ1) is 14.4. The third-order valence-corrected chi connectivity index (χ3v) is 5.39. The van der Waals surface area contributed by atoms with E-state index in [0.717, 1.165) is 0 Å². The van der Waals surface area contributed by atoms with Gasteiger partial charge in [0.15, 0.2) is 22.9 Å². The van der Waals surface area contributed by atoms with E-state index in [1.807, 2.05) is 6.92 Å². The predicted octanol–water partition coefficient (Wildman–Crippen LogP) is 5.14. The third-order valence-electron chi connectivity index (χ3n) is 5.01. The molecule has 0 fully saturated rings. The summed E-state index contributed by atoms with van der Waals surface area (Å²) in [6.45, 7) is 5.66. The maximum Gasteiger partial charge on any atom is 0.342 e. The van der Waals surface area contributed by atoms with Crippen molar-refractivity contribution in [1.29, 1.82) is 0 Å². The first-order valence-electron chi connectivity index (χ1n) is 9.69. The van der Waals surface area contributed by atoms with E-state index < -0.39 is 11.8 Å². The lowest BCUT2D eigenvalue weighted by Gasteiger charge is -2.22. The van der Waals surface area contributed by atoms with E-state index in [1.54, 1.807) is 38.1 Å². The van der Waals surface area contributed by atoms with Gasteiger partial charge in [0.2, 0.25) is 0 Å². The fourth-order valence-electron chi connectivity index (χ4n) is 3.75. The number of hydrogen-bond acceptors (Lipinski definition) is 6. The molecule has 3 aromatic rings. The van der Waals surface area contributed by atoms with Gasteiger partial charge in [0.1, 0.15) is 11.3 Å². The predicted molar refractivity (Wildman–Crippen MR) is 111 cm³/mol. The van der Waals surface area contributed by atoms with Crippen molar-refractivity contribution in [1.82, 2.24) is 0 Å². The lowest BCUT2D eigenvalue weighted by Crippen LogP contribution is -2.23. The second kappa shape index (κ2) is 7.61. The van der Waals surface area contributed by atoms with Crippen molar-refractivity contribution >= 4 is 40.1 Å². The summed E-state index contributed by atoms with van der Waals surface area (Å²) >= 11 is 6.66. The Bertz CT molecular complexity index is 1220. The summed E-state index contributed by atoms with van der Waals surface area (Å²) in [4.78, 5) is 39.3.